The zero-order valence-electron chi connectivity index (χ0n) is 27.4. The van der Waals surface area contributed by atoms with E-state index < -0.39 is 6.85 Å². The average Bonchev–Trinajstić information content (AvgIpc) is 3.81. The van der Waals surface area contributed by atoms with E-state index in [0.29, 0.717) is 4.83 Å². The lowest BCUT2D eigenvalue weighted by atomic mass is 10.0. The van der Waals surface area contributed by atoms with E-state index in [4.69, 9.17) is 13.5 Å². The standard InChI is InChI=1S/C41H25N3OS/c1-24-18-19-30-29-15-9-16-32(39(29)46-41(30)42-24)40-43-33-22-26-12-5-6-13-27(26)23-35(33)44(40)34-21-20-28(25-10-3-2-4-11-25)38-37(34)31-14-7-8-17-36(31)45-38/h2-23H,1H3/i1D3. The van der Waals surface area contributed by atoms with Crippen molar-refractivity contribution < 1.29 is 8.53 Å². The Morgan fingerprint density at radius 1 is 0.674 bits per heavy atom. The van der Waals surface area contributed by atoms with Crippen LogP contribution in [0.15, 0.2) is 138 Å². The number of nitrogens with zero attached hydrogens (tertiary/aromatic N) is 3. The highest BCUT2D eigenvalue weighted by atomic mass is 32.1. The van der Waals surface area contributed by atoms with Gasteiger partial charge in [0.25, 0.3) is 0 Å². The maximum absolute atomic E-state index is 7.94. The maximum Gasteiger partial charge on any atom is 0.147 e. The molecule has 10 rings (SSSR count). The Kier molecular flexibility index (Phi) is 4.74. The van der Waals surface area contributed by atoms with Gasteiger partial charge in [0, 0.05) is 41.8 Å². The van der Waals surface area contributed by atoms with Gasteiger partial charge in [0.05, 0.1) is 22.1 Å². The van der Waals surface area contributed by atoms with Crippen LogP contribution in [0.1, 0.15) is 9.81 Å². The van der Waals surface area contributed by atoms with Crippen molar-refractivity contribution in [2.75, 3.05) is 0 Å². The third-order valence-electron chi connectivity index (χ3n) is 8.96. The first-order valence-corrected chi connectivity index (χ1v) is 16.0. The van der Waals surface area contributed by atoms with Gasteiger partial charge in [-0.05, 0) is 71.7 Å². The van der Waals surface area contributed by atoms with Crippen molar-refractivity contribution in [1.29, 1.82) is 0 Å². The normalized spacial score (nSPS) is 13.3. The zero-order valence-corrected chi connectivity index (χ0v) is 25.2. The minimum atomic E-state index is -2.28. The Morgan fingerprint density at radius 3 is 2.37 bits per heavy atom. The van der Waals surface area contributed by atoms with Crippen LogP contribution >= 0.6 is 11.3 Å². The summed E-state index contributed by atoms with van der Waals surface area (Å²) in [7, 11) is 0. The first-order chi connectivity index (χ1) is 23.9. The first-order valence-electron chi connectivity index (χ1n) is 16.7. The molecule has 0 N–H and O–H groups in total. The number of furan rings is 1. The SMILES string of the molecule is [2H]C([2H])([2H])c1ccc2c(n1)sc1c(-c3nc4cc5ccccc5cc4n3-c3ccc(-c4ccccc4)c4oc5ccccc5c34)cccc12. The van der Waals surface area contributed by atoms with Gasteiger partial charge in [-0.2, -0.15) is 0 Å². The molecule has 0 unspecified atom stereocenters. The molecule has 216 valence electrons. The molecule has 46 heavy (non-hydrogen) atoms. The summed E-state index contributed by atoms with van der Waals surface area (Å²) in [5, 5.41) is 6.23. The first kappa shape index (κ1) is 22.7. The van der Waals surface area contributed by atoms with Crippen LogP contribution in [0.3, 0.4) is 0 Å². The number of pyridine rings is 1. The summed E-state index contributed by atoms with van der Waals surface area (Å²) in [5.74, 6) is 0.789. The van der Waals surface area contributed by atoms with E-state index in [9.17, 15) is 0 Å². The summed E-state index contributed by atoms with van der Waals surface area (Å²) >= 11 is 1.50. The molecule has 0 radical (unpaired) electrons. The summed E-state index contributed by atoms with van der Waals surface area (Å²) in [6, 6.07) is 45.3. The fourth-order valence-corrected chi connectivity index (χ4v) is 8.07. The van der Waals surface area contributed by atoms with Gasteiger partial charge in [-0.1, -0.05) is 84.9 Å². The highest BCUT2D eigenvalue weighted by molar-refractivity contribution is 7.26. The molecule has 0 bridgehead atoms. The van der Waals surface area contributed by atoms with Crippen LogP contribution in [-0.4, -0.2) is 14.5 Å². The van der Waals surface area contributed by atoms with Gasteiger partial charge in [-0.15, -0.1) is 11.3 Å². The lowest BCUT2D eigenvalue weighted by Gasteiger charge is -2.14. The number of hydrogen-bond donors (Lipinski definition) is 0. The highest BCUT2D eigenvalue weighted by Gasteiger charge is 2.24. The van der Waals surface area contributed by atoms with Crippen molar-refractivity contribution in [2.45, 2.75) is 6.85 Å². The summed E-state index contributed by atoms with van der Waals surface area (Å²) in [5.41, 5.74) is 7.61. The Balaban J connectivity index is 1.33. The lowest BCUT2D eigenvalue weighted by molar-refractivity contribution is 0.670. The molecule has 4 aromatic heterocycles. The Labute approximate surface area is 272 Å². The van der Waals surface area contributed by atoms with E-state index in [-0.39, 0.29) is 5.69 Å². The predicted octanol–water partition coefficient (Wildman–Crippen LogP) is 11.5. The number of hydrogen-bond acceptors (Lipinski definition) is 4. The van der Waals surface area contributed by atoms with Gasteiger partial charge in [0.2, 0.25) is 0 Å². The molecule has 0 fully saturated rings. The van der Waals surface area contributed by atoms with E-state index >= 15 is 0 Å². The van der Waals surface area contributed by atoms with Crippen LogP contribution in [0, 0.1) is 6.85 Å². The van der Waals surface area contributed by atoms with Crippen molar-refractivity contribution in [1.82, 2.24) is 14.5 Å². The van der Waals surface area contributed by atoms with E-state index in [0.717, 1.165) is 87.4 Å². The van der Waals surface area contributed by atoms with Crippen LogP contribution in [0.2, 0.25) is 0 Å². The number of thiophene rings is 1. The second-order valence-electron chi connectivity index (χ2n) is 11.6. The monoisotopic (exact) mass is 610 g/mol. The third-order valence-corrected chi connectivity index (χ3v) is 10.1. The van der Waals surface area contributed by atoms with Crippen LogP contribution in [0.25, 0.3) is 92.2 Å². The van der Waals surface area contributed by atoms with Gasteiger partial charge in [0.15, 0.2) is 0 Å². The highest BCUT2D eigenvalue weighted by Crippen LogP contribution is 2.44. The molecular formula is C41H25N3OS. The number of para-hydroxylation sites is 1. The fourth-order valence-electron chi connectivity index (χ4n) is 6.88. The van der Waals surface area contributed by atoms with Gasteiger partial charge in [-0.3, -0.25) is 4.57 Å². The summed E-state index contributed by atoms with van der Waals surface area (Å²) in [4.78, 5) is 10.7. The summed E-state index contributed by atoms with van der Waals surface area (Å²) in [6.45, 7) is -2.28. The van der Waals surface area contributed by atoms with Crippen molar-refractivity contribution in [3.8, 4) is 28.2 Å². The molecular weight excluding hydrogens is 583 g/mol. The number of rotatable bonds is 3. The molecule has 0 spiro atoms. The number of aromatic nitrogens is 3. The smallest absolute Gasteiger partial charge is 0.147 e. The van der Waals surface area contributed by atoms with Gasteiger partial charge in [0.1, 0.15) is 21.8 Å². The number of benzene rings is 6. The quantitative estimate of drug-likeness (QED) is 0.200. The van der Waals surface area contributed by atoms with Crippen molar-refractivity contribution >= 4 is 75.4 Å². The topological polar surface area (TPSA) is 43.9 Å². The second kappa shape index (κ2) is 9.61. The minimum Gasteiger partial charge on any atom is -0.455 e. The van der Waals surface area contributed by atoms with E-state index in [1.807, 2.05) is 48.5 Å². The van der Waals surface area contributed by atoms with Crippen molar-refractivity contribution in [3.05, 3.63) is 139 Å². The van der Waals surface area contributed by atoms with Crippen LogP contribution in [0.5, 0.6) is 0 Å². The van der Waals surface area contributed by atoms with E-state index in [1.165, 1.54) is 11.3 Å². The fraction of sp³-hybridized carbons (Fsp3) is 0.0244. The molecule has 0 amide bonds. The third kappa shape index (κ3) is 3.66. The van der Waals surface area contributed by atoms with Crippen molar-refractivity contribution in [2.24, 2.45) is 0 Å². The molecule has 0 atom stereocenters. The Hall–Kier alpha value is -5.78. The largest absolute Gasteiger partial charge is 0.455 e. The number of fused-ring (bicyclic) bond motifs is 8. The molecule has 0 saturated heterocycles. The van der Waals surface area contributed by atoms with Crippen LogP contribution in [0.4, 0.5) is 0 Å². The number of aryl methyl sites for hydroxylation is 1. The van der Waals surface area contributed by atoms with E-state index in [2.05, 4.69) is 88.4 Å². The van der Waals surface area contributed by atoms with Crippen molar-refractivity contribution in [3.63, 3.8) is 0 Å². The summed E-state index contributed by atoms with van der Waals surface area (Å²) < 4.78 is 33.8. The molecule has 0 aliphatic carbocycles. The lowest BCUT2D eigenvalue weighted by Crippen LogP contribution is -1.99. The molecule has 4 heterocycles. The Morgan fingerprint density at radius 2 is 1.48 bits per heavy atom. The molecule has 0 aliphatic rings. The number of imidazole rings is 1. The molecule has 4 nitrogen and oxygen atoms in total. The Bertz CT molecular complexity index is 2940. The zero-order chi connectivity index (χ0) is 32.9. The molecule has 5 heteroatoms. The molecule has 0 saturated carbocycles. The van der Waals surface area contributed by atoms with Crippen LogP contribution in [-0.2, 0) is 0 Å². The van der Waals surface area contributed by atoms with E-state index in [1.54, 1.807) is 6.07 Å². The molecule has 10 aromatic rings. The maximum atomic E-state index is 7.94. The van der Waals surface area contributed by atoms with Gasteiger partial charge < -0.3 is 4.42 Å². The molecule has 0 aliphatic heterocycles. The van der Waals surface area contributed by atoms with Crippen LogP contribution < -0.4 is 0 Å². The summed E-state index contributed by atoms with van der Waals surface area (Å²) in [6.07, 6.45) is 0. The second-order valence-corrected chi connectivity index (χ2v) is 12.6. The van der Waals surface area contributed by atoms with Gasteiger partial charge in [-0.25, -0.2) is 9.97 Å². The molecule has 6 aromatic carbocycles. The minimum absolute atomic E-state index is 0.0970. The van der Waals surface area contributed by atoms with Gasteiger partial charge >= 0.3 is 0 Å². The predicted molar refractivity (Wildman–Crippen MR) is 192 cm³/mol. The average molecular weight is 611 g/mol.